The maximum Gasteiger partial charge on any atom is 0.249 e. The normalized spacial score (nSPS) is 20.5. The molecule has 2 amide bonds. The van der Waals surface area contributed by atoms with Crippen LogP contribution in [0.25, 0.3) is 0 Å². The Bertz CT molecular complexity index is 533. The van der Waals surface area contributed by atoms with Gasteiger partial charge in [-0.15, -0.1) is 12.4 Å². The predicted molar refractivity (Wildman–Crippen MR) is 86.8 cm³/mol. The zero-order valence-electron chi connectivity index (χ0n) is 13.2. The van der Waals surface area contributed by atoms with Gasteiger partial charge in [-0.05, 0) is 12.3 Å². The van der Waals surface area contributed by atoms with Gasteiger partial charge in [-0.1, -0.05) is 20.3 Å². The van der Waals surface area contributed by atoms with Crippen molar-refractivity contribution < 1.29 is 9.59 Å². The third-order valence-corrected chi connectivity index (χ3v) is 4.08. The van der Waals surface area contributed by atoms with Crippen molar-refractivity contribution in [2.75, 3.05) is 11.4 Å². The molecular weight excluding hydrogens is 306 g/mol. The van der Waals surface area contributed by atoms with E-state index in [1.165, 1.54) is 0 Å². The summed E-state index contributed by atoms with van der Waals surface area (Å²) in [5.74, 6) is -0.264. The summed E-state index contributed by atoms with van der Waals surface area (Å²) < 4.78 is 1.65. The number of nitrogens with two attached hydrogens (primary N) is 1. The highest BCUT2D eigenvalue weighted by atomic mass is 35.5. The molecule has 2 heterocycles. The topological polar surface area (TPSA) is 93.2 Å². The van der Waals surface area contributed by atoms with Crippen LogP contribution in [0, 0.1) is 5.92 Å². The molecule has 7 nitrogen and oxygen atoms in total. The number of nitrogens with one attached hydrogen (secondary N) is 1. The summed E-state index contributed by atoms with van der Waals surface area (Å²) in [7, 11) is 1.80. The van der Waals surface area contributed by atoms with Gasteiger partial charge in [0.2, 0.25) is 11.8 Å². The second-order valence-electron chi connectivity index (χ2n) is 5.62. The van der Waals surface area contributed by atoms with Gasteiger partial charge in [0.15, 0.2) is 0 Å². The predicted octanol–water partition coefficient (Wildman–Crippen LogP) is 0.437. The Morgan fingerprint density at radius 3 is 2.82 bits per heavy atom. The summed E-state index contributed by atoms with van der Waals surface area (Å²) in [5.41, 5.74) is 6.65. The van der Waals surface area contributed by atoms with Gasteiger partial charge in [0, 0.05) is 19.8 Å². The highest BCUT2D eigenvalue weighted by Gasteiger charge is 2.35. The smallest absolute Gasteiger partial charge is 0.249 e. The number of aromatic nitrogens is 2. The number of anilines is 1. The van der Waals surface area contributed by atoms with E-state index in [1.54, 1.807) is 29.0 Å². The lowest BCUT2D eigenvalue weighted by Gasteiger charge is -2.20. The van der Waals surface area contributed by atoms with Crippen LogP contribution in [-0.4, -0.2) is 40.2 Å². The molecule has 0 aromatic carbocycles. The summed E-state index contributed by atoms with van der Waals surface area (Å²) in [4.78, 5) is 26.1. The lowest BCUT2D eigenvalue weighted by atomic mass is 9.99. The summed E-state index contributed by atoms with van der Waals surface area (Å²) >= 11 is 0. The van der Waals surface area contributed by atoms with E-state index in [0.29, 0.717) is 13.0 Å². The van der Waals surface area contributed by atoms with Gasteiger partial charge in [-0.3, -0.25) is 14.3 Å². The quantitative estimate of drug-likeness (QED) is 0.819. The van der Waals surface area contributed by atoms with Crippen LogP contribution in [-0.2, 0) is 16.6 Å². The molecule has 2 rings (SSSR count). The molecule has 0 aliphatic carbocycles. The standard InChI is InChI=1S/C14H23N5O2.ClH/c1-4-9(2)12(15)13(20)17-11-5-6-19(14(11)21)10-7-16-18(3)8-10;/h7-9,11-12H,4-6,15H2,1-3H3,(H,17,20);1H. The molecule has 0 bridgehead atoms. The van der Waals surface area contributed by atoms with Gasteiger partial charge >= 0.3 is 0 Å². The zero-order chi connectivity index (χ0) is 15.6. The van der Waals surface area contributed by atoms with Crippen molar-refractivity contribution in [2.45, 2.75) is 38.8 Å². The summed E-state index contributed by atoms with van der Waals surface area (Å²) in [5, 5.41) is 6.83. The van der Waals surface area contributed by atoms with Crippen molar-refractivity contribution in [3.05, 3.63) is 12.4 Å². The number of carbonyl (C=O) groups is 2. The number of hydrogen-bond acceptors (Lipinski definition) is 4. The molecule has 0 radical (unpaired) electrons. The van der Waals surface area contributed by atoms with Gasteiger partial charge in [-0.2, -0.15) is 5.10 Å². The highest BCUT2D eigenvalue weighted by Crippen LogP contribution is 2.20. The lowest BCUT2D eigenvalue weighted by molar-refractivity contribution is -0.128. The molecule has 1 aliphatic rings. The van der Waals surface area contributed by atoms with Gasteiger partial charge < -0.3 is 16.0 Å². The van der Waals surface area contributed by atoms with Gasteiger partial charge in [-0.25, -0.2) is 0 Å². The second kappa shape index (κ2) is 7.60. The SMILES string of the molecule is CCC(C)C(N)C(=O)NC1CCN(c2cnn(C)c2)C1=O.Cl. The van der Waals surface area contributed by atoms with Crippen molar-refractivity contribution in [1.29, 1.82) is 0 Å². The van der Waals surface area contributed by atoms with Crippen LogP contribution in [0.4, 0.5) is 5.69 Å². The van der Waals surface area contributed by atoms with E-state index in [2.05, 4.69) is 10.4 Å². The molecule has 22 heavy (non-hydrogen) atoms. The first-order chi connectivity index (χ1) is 9.93. The lowest BCUT2D eigenvalue weighted by Crippen LogP contribution is -2.50. The van der Waals surface area contributed by atoms with Crippen LogP contribution in [0.15, 0.2) is 12.4 Å². The van der Waals surface area contributed by atoms with Crippen molar-refractivity contribution in [2.24, 2.45) is 18.7 Å². The van der Waals surface area contributed by atoms with Crippen molar-refractivity contribution in [1.82, 2.24) is 15.1 Å². The number of nitrogens with zero attached hydrogens (tertiary/aromatic N) is 3. The summed E-state index contributed by atoms with van der Waals surface area (Å²) in [6.45, 7) is 4.50. The minimum absolute atomic E-state index is 0. The largest absolute Gasteiger partial charge is 0.343 e. The summed E-state index contributed by atoms with van der Waals surface area (Å²) in [6.07, 6.45) is 4.85. The van der Waals surface area contributed by atoms with Crippen molar-refractivity contribution in [3.63, 3.8) is 0 Å². The monoisotopic (exact) mass is 329 g/mol. The van der Waals surface area contributed by atoms with E-state index in [-0.39, 0.29) is 30.1 Å². The van der Waals surface area contributed by atoms with E-state index >= 15 is 0 Å². The Kier molecular flexibility index (Phi) is 6.37. The maximum atomic E-state index is 12.3. The number of hydrogen-bond donors (Lipinski definition) is 2. The number of carbonyl (C=O) groups excluding carboxylic acids is 2. The first-order valence-electron chi connectivity index (χ1n) is 7.30. The van der Waals surface area contributed by atoms with E-state index in [4.69, 9.17) is 5.73 Å². The zero-order valence-corrected chi connectivity index (χ0v) is 14.0. The minimum Gasteiger partial charge on any atom is -0.343 e. The molecule has 0 saturated carbocycles. The molecule has 3 N–H and O–H groups in total. The van der Waals surface area contributed by atoms with Gasteiger partial charge in [0.25, 0.3) is 0 Å². The van der Waals surface area contributed by atoms with E-state index < -0.39 is 12.1 Å². The van der Waals surface area contributed by atoms with Crippen LogP contribution in [0.5, 0.6) is 0 Å². The first-order valence-corrected chi connectivity index (χ1v) is 7.30. The molecule has 3 unspecified atom stereocenters. The molecule has 8 heteroatoms. The van der Waals surface area contributed by atoms with E-state index in [1.807, 2.05) is 13.8 Å². The molecule has 124 valence electrons. The fourth-order valence-electron chi connectivity index (χ4n) is 2.40. The third-order valence-electron chi connectivity index (χ3n) is 4.08. The minimum atomic E-state index is -0.574. The maximum absolute atomic E-state index is 12.3. The Hall–Kier alpha value is -1.60. The van der Waals surface area contributed by atoms with Crippen LogP contribution in [0.1, 0.15) is 26.7 Å². The fourth-order valence-corrected chi connectivity index (χ4v) is 2.40. The van der Waals surface area contributed by atoms with Crippen molar-refractivity contribution in [3.8, 4) is 0 Å². The third kappa shape index (κ3) is 3.78. The van der Waals surface area contributed by atoms with Crippen LogP contribution in [0.3, 0.4) is 0 Å². The Morgan fingerprint density at radius 1 is 1.59 bits per heavy atom. The highest BCUT2D eigenvalue weighted by molar-refractivity contribution is 6.01. The van der Waals surface area contributed by atoms with Crippen molar-refractivity contribution >= 4 is 29.9 Å². The number of halogens is 1. The fraction of sp³-hybridized carbons (Fsp3) is 0.643. The second-order valence-corrected chi connectivity index (χ2v) is 5.62. The Balaban J connectivity index is 0.00000242. The molecule has 1 aromatic heterocycles. The Morgan fingerprint density at radius 2 is 2.27 bits per heavy atom. The van der Waals surface area contributed by atoms with Gasteiger partial charge in [0.05, 0.1) is 17.9 Å². The number of aryl methyl sites for hydroxylation is 1. The number of rotatable bonds is 5. The molecule has 1 aromatic rings. The van der Waals surface area contributed by atoms with Crippen LogP contribution >= 0.6 is 12.4 Å². The van der Waals surface area contributed by atoms with E-state index in [0.717, 1.165) is 12.1 Å². The van der Waals surface area contributed by atoms with Gasteiger partial charge in [0.1, 0.15) is 6.04 Å². The first kappa shape index (κ1) is 18.4. The average Bonchev–Trinajstić information content (AvgIpc) is 3.04. The molecule has 1 fully saturated rings. The molecule has 3 atom stereocenters. The van der Waals surface area contributed by atoms with Crippen LogP contribution in [0.2, 0.25) is 0 Å². The molecule has 0 spiro atoms. The van der Waals surface area contributed by atoms with Crippen LogP contribution < -0.4 is 16.0 Å². The van der Waals surface area contributed by atoms with E-state index in [9.17, 15) is 9.59 Å². The number of amides is 2. The summed E-state index contributed by atoms with van der Waals surface area (Å²) in [6, 6.07) is -1.07. The average molecular weight is 330 g/mol. The Labute approximate surface area is 136 Å². The molecule has 1 aliphatic heterocycles. The molecule has 1 saturated heterocycles. The molecular formula is C14H24ClN5O2.